The highest BCUT2D eigenvalue weighted by molar-refractivity contribution is 5.79. The average Bonchev–Trinajstić information content (AvgIpc) is 2.89. The van der Waals surface area contributed by atoms with E-state index in [1.54, 1.807) is 7.11 Å². The first kappa shape index (κ1) is 13.9. The SMILES string of the molecule is COc1ccccc1-c1c(N2CCC(N)CC2)cnn1C. The summed E-state index contributed by atoms with van der Waals surface area (Å²) in [6.45, 7) is 1.96. The first-order chi connectivity index (χ1) is 10.2. The largest absolute Gasteiger partial charge is 0.496 e. The molecule has 1 saturated heterocycles. The molecular formula is C16H22N4O. The van der Waals surface area contributed by atoms with E-state index in [0.29, 0.717) is 6.04 Å². The molecular weight excluding hydrogens is 264 g/mol. The van der Waals surface area contributed by atoms with Crippen LogP contribution in [0.2, 0.25) is 0 Å². The van der Waals surface area contributed by atoms with Crippen molar-refractivity contribution in [2.45, 2.75) is 18.9 Å². The standard InChI is InChI=1S/C16H22N4O/c1-19-16(13-5-3-4-6-15(13)21-2)14(11-18-19)20-9-7-12(17)8-10-20/h3-6,11-12H,7-10,17H2,1-2H3. The number of hydrogen-bond donors (Lipinski definition) is 1. The molecule has 5 nitrogen and oxygen atoms in total. The molecule has 21 heavy (non-hydrogen) atoms. The minimum atomic E-state index is 0.327. The Morgan fingerprint density at radius 1 is 1.24 bits per heavy atom. The van der Waals surface area contributed by atoms with E-state index in [1.807, 2.05) is 36.1 Å². The molecule has 2 heterocycles. The first-order valence-corrected chi connectivity index (χ1v) is 7.36. The van der Waals surface area contributed by atoms with E-state index >= 15 is 0 Å². The summed E-state index contributed by atoms with van der Waals surface area (Å²) in [5.74, 6) is 0.871. The smallest absolute Gasteiger partial charge is 0.128 e. The lowest BCUT2D eigenvalue weighted by atomic mass is 10.0. The Balaban J connectivity index is 2.01. The van der Waals surface area contributed by atoms with E-state index in [0.717, 1.165) is 48.6 Å². The molecule has 0 unspecified atom stereocenters. The second-order valence-corrected chi connectivity index (χ2v) is 5.53. The lowest BCUT2D eigenvalue weighted by molar-refractivity contribution is 0.416. The highest BCUT2D eigenvalue weighted by Gasteiger charge is 2.23. The van der Waals surface area contributed by atoms with Gasteiger partial charge in [0.2, 0.25) is 0 Å². The van der Waals surface area contributed by atoms with Gasteiger partial charge in [0.1, 0.15) is 5.75 Å². The van der Waals surface area contributed by atoms with Gasteiger partial charge in [-0.15, -0.1) is 0 Å². The van der Waals surface area contributed by atoms with E-state index in [4.69, 9.17) is 10.5 Å². The van der Waals surface area contributed by atoms with E-state index in [-0.39, 0.29) is 0 Å². The van der Waals surface area contributed by atoms with Crippen molar-refractivity contribution in [3.63, 3.8) is 0 Å². The van der Waals surface area contributed by atoms with Gasteiger partial charge in [0, 0.05) is 31.7 Å². The van der Waals surface area contributed by atoms with Crippen molar-refractivity contribution in [2.24, 2.45) is 12.8 Å². The molecule has 3 rings (SSSR count). The van der Waals surface area contributed by atoms with E-state index in [9.17, 15) is 0 Å². The van der Waals surface area contributed by atoms with Crippen molar-refractivity contribution in [3.05, 3.63) is 30.5 Å². The quantitative estimate of drug-likeness (QED) is 0.938. The fourth-order valence-electron chi connectivity index (χ4n) is 2.95. The third-order valence-corrected chi connectivity index (χ3v) is 4.16. The monoisotopic (exact) mass is 286 g/mol. The number of nitrogens with zero attached hydrogens (tertiary/aromatic N) is 3. The number of piperidine rings is 1. The number of benzene rings is 1. The molecule has 0 spiro atoms. The van der Waals surface area contributed by atoms with Crippen LogP contribution in [0, 0.1) is 0 Å². The number of aromatic nitrogens is 2. The van der Waals surface area contributed by atoms with Crippen molar-refractivity contribution >= 4 is 5.69 Å². The zero-order chi connectivity index (χ0) is 14.8. The summed E-state index contributed by atoms with van der Waals surface area (Å²) in [5.41, 5.74) is 9.34. The first-order valence-electron chi connectivity index (χ1n) is 7.36. The maximum absolute atomic E-state index is 6.01. The molecule has 0 atom stereocenters. The van der Waals surface area contributed by atoms with Crippen LogP contribution in [0.4, 0.5) is 5.69 Å². The van der Waals surface area contributed by atoms with Gasteiger partial charge in [-0.1, -0.05) is 12.1 Å². The van der Waals surface area contributed by atoms with Gasteiger partial charge in [-0.05, 0) is 25.0 Å². The lowest BCUT2D eigenvalue weighted by Crippen LogP contribution is -2.39. The molecule has 0 aliphatic carbocycles. The molecule has 1 fully saturated rings. The number of methoxy groups -OCH3 is 1. The Hall–Kier alpha value is -2.01. The molecule has 1 aromatic heterocycles. The molecule has 5 heteroatoms. The Labute approximate surface area is 125 Å². The second kappa shape index (κ2) is 5.77. The van der Waals surface area contributed by atoms with Gasteiger partial charge in [0.15, 0.2) is 0 Å². The second-order valence-electron chi connectivity index (χ2n) is 5.53. The van der Waals surface area contributed by atoms with Crippen molar-refractivity contribution in [1.82, 2.24) is 9.78 Å². The summed E-state index contributed by atoms with van der Waals surface area (Å²) in [5, 5.41) is 4.45. The summed E-state index contributed by atoms with van der Waals surface area (Å²) >= 11 is 0. The zero-order valence-corrected chi connectivity index (χ0v) is 12.6. The molecule has 0 bridgehead atoms. The van der Waals surface area contributed by atoms with E-state index in [1.165, 1.54) is 0 Å². The number of ether oxygens (including phenoxy) is 1. The van der Waals surface area contributed by atoms with Crippen LogP contribution in [-0.4, -0.2) is 36.0 Å². The van der Waals surface area contributed by atoms with Gasteiger partial charge in [0.25, 0.3) is 0 Å². The van der Waals surface area contributed by atoms with Crippen LogP contribution in [0.15, 0.2) is 30.5 Å². The number of aryl methyl sites for hydroxylation is 1. The van der Waals surface area contributed by atoms with Gasteiger partial charge >= 0.3 is 0 Å². The van der Waals surface area contributed by atoms with Crippen LogP contribution in [0.3, 0.4) is 0 Å². The molecule has 0 saturated carbocycles. The van der Waals surface area contributed by atoms with Crippen LogP contribution in [-0.2, 0) is 7.05 Å². The summed E-state index contributed by atoms with van der Waals surface area (Å²) in [7, 11) is 3.68. The Bertz CT molecular complexity index is 614. The number of rotatable bonds is 3. The van der Waals surface area contributed by atoms with Crippen LogP contribution < -0.4 is 15.4 Å². The summed E-state index contributed by atoms with van der Waals surface area (Å²) in [6, 6.07) is 8.40. The third kappa shape index (κ3) is 2.61. The maximum Gasteiger partial charge on any atom is 0.128 e. The molecule has 112 valence electrons. The molecule has 0 amide bonds. The number of nitrogens with two attached hydrogens (primary N) is 1. The van der Waals surface area contributed by atoms with Crippen molar-refractivity contribution < 1.29 is 4.74 Å². The normalized spacial score (nSPS) is 16.2. The Kier molecular flexibility index (Phi) is 3.84. The van der Waals surface area contributed by atoms with Crippen molar-refractivity contribution in [2.75, 3.05) is 25.1 Å². The molecule has 2 aromatic rings. The van der Waals surface area contributed by atoms with Crippen molar-refractivity contribution in [3.8, 4) is 17.0 Å². The average molecular weight is 286 g/mol. The van der Waals surface area contributed by atoms with Gasteiger partial charge in [-0.2, -0.15) is 5.10 Å². The number of para-hydroxylation sites is 1. The lowest BCUT2D eigenvalue weighted by Gasteiger charge is -2.32. The molecule has 1 aliphatic heterocycles. The molecule has 1 aromatic carbocycles. The van der Waals surface area contributed by atoms with Crippen LogP contribution >= 0.6 is 0 Å². The van der Waals surface area contributed by atoms with Gasteiger partial charge in [-0.3, -0.25) is 4.68 Å². The van der Waals surface area contributed by atoms with Gasteiger partial charge in [0.05, 0.1) is 24.7 Å². The van der Waals surface area contributed by atoms with Crippen LogP contribution in [0.1, 0.15) is 12.8 Å². The van der Waals surface area contributed by atoms with Crippen LogP contribution in [0.25, 0.3) is 11.3 Å². The fraction of sp³-hybridized carbons (Fsp3) is 0.438. The van der Waals surface area contributed by atoms with E-state index < -0.39 is 0 Å². The Morgan fingerprint density at radius 3 is 2.67 bits per heavy atom. The fourth-order valence-corrected chi connectivity index (χ4v) is 2.95. The number of anilines is 1. The Morgan fingerprint density at radius 2 is 1.95 bits per heavy atom. The zero-order valence-electron chi connectivity index (χ0n) is 12.6. The molecule has 0 radical (unpaired) electrons. The topological polar surface area (TPSA) is 56.3 Å². The highest BCUT2D eigenvalue weighted by atomic mass is 16.5. The summed E-state index contributed by atoms with van der Waals surface area (Å²) in [4.78, 5) is 2.37. The van der Waals surface area contributed by atoms with Crippen LogP contribution in [0.5, 0.6) is 5.75 Å². The highest BCUT2D eigenvalue weighted by Crippen LogP contribution is 2.36. The molecule has 1 aliphatic rings. The number of hydrogen-bond acceptors (Lipinski definition) is 4. The minimum Gasteiger partial charge on any atom is -0.496 e. The van der Waals surface area contributed by atoms with Crippen molar-refractivity contribution in [1.29, 1.82) is 0 Å². The minimum absolute atomic E-state index is 0.327. The molecule has 2 N–H and O–H groups in total. The van der Waals surface area contributed by atoms with Gasteiger partial charge in [-0.25, -0.2) is 0 Å². The summed E-state index contributed by atoms with van der Waals surface area (Å²) < 4.78 is 7.42. The predicted molar refractivity (Wildman–Crippen MR) is 84.6 cm³/mol. The maximum atomic E-state index is 6.01. The van der Waals surface area contributed by atoms with Gasteiger partial charge < -0.3 is 15.4 Å². The van der Waals surface area contributed by atoms with E-state index in [2.05, 4.69) is 16.1 Å². The third-order valence-electron chi connectivity index (χ3n) is 4.16. The summed E-state index contributed by atoms with van der Waals surface area (Å²) in [6.07, 6.45) is 4.00. The predicted octanol–water partition coefficient (Wildman–Crippen LogP) is 2.02.